The van der Waals surface area contributed by atoms with Gasteiger partial charge in [0.05, 0.1) is 6.20 Å². The lowest BCUT2D eigenvalue weighted by molar-refractivity contribution is 0.0690. The Balaban J connectivity index is 2.68. The van der Waals surface area contributed by atoms with Gasteiger partial charge in [-0.2, -0.15) is 5.10 Å². The first-order chi connectivity index (χ1) is 5.77. The van der Waals surface area contributed by atoms with Crippen molar-refractivity contribution in [2.75, 3.05) is 0 Å². The molecule has 12 heavy (non-hydrogen) atoms. The zero-order valence-corrected chi connectivity index (χ0v) is 5.85. The molecule has 0 saturated carbocycles. The average molecular weight is 164 g/mol. The summed E-state index contributed by atoms with van der Waals surface area (Å²) in [6, 6.07) is 0. The third-order valence-electron chi connectivity index (χ3n) is 1.37. The second-order valence-electron chi connectivity index (χ2n) is 2.15. The third-order valence-corrected chi connectivity index (χ3v) is 1.37. The summed E-state index contributed by atoms with van der Waals surface area (Å²) in [6.45, 7) is 0. The summed E-state index contributed by atoms with van der Waals surface area (Å²) < 4.78 is 0. The number of hydrogen-bond acceptors (Lipinski definition) is 4. The van der Waals surface area contributed by atoms with Crippen LogP contribution >= 0.6 is 0 Å². The number of aromatic amines is 1. The standard InChI is InChI=1S/C6H4N4O2/c11-6(12)4-1-7-5-3(9-4)2-8-10-5/h1-2H,(H,11,12)(H,7,8,10). The Morgan fingerprint density at radius 3 is 3.17 bits per heavy atom. The summed E-state index contributed by atoms with van der Waals surface area (Å²) in [5, 5.41) is 14.8. The van der Waals surface area contributed by atoms with Gasteiger partial charge in [0, 0.05) is 6.20 Å². The van der Waals surface area contributed by atoms with Crippen LogP contribution in [-0.4, -0.2) is 31.2 Å². The molecule has 0 fully saturated rings. The van der Waals surface area contributed by atoms with Gasteiger partial charge < -0.3 is 5.11 Å². The van der Waals surface area contributed by atoms with Crippen LogP contribution in [0, 0.1) is 0 Å². The van der Waals surface area contributed by atoms with Crippen LogP contribution in [0.1, 0.15) is 10.5 Å². The molecule has 2 aromatic heterocycles. The minimum absolute atomic E-state index is 0.0797. The second-order valence-corrected chi connectivity index (χ2v) is 2.15. The molecule has 2 rings (SSSR count). The number of carbonyl (C=O) groups is 1. The topological polar surface area (TPSA) is 91.8 Å². The predicted octanol–water partition coefficient (Wildman–Crippen LogP) is 0.0511. The molecule has 2 heterocycles. The lowest BCUT2D eigenvalue weighted by Crippen LogP contribution is -2.00. The molecule has 0 aliphatic rings. The molecule has 0 unspecified atom stereocenters. The smallest absolute Gasteiger partial charge is 0.356 e. The van der Waals surface area contributed by atoms with Crippen molar-refractivity contribution in [3.63, 3.8) is 0 Å². The summed E-state index contributed by atoms with van der Waals surface area (Å²) in [4.78, 5) is 18.0. The van der Waals surface area contributed by atoms with Gasteiger partial charge in [0.15, 0.2) is 11.3 Å². The van der Waals surface area contributed by atoms with E-state index in [0.717, 1.165) is 0 Å². The number of carboxylic acids is 1. The van der Waals surface area contributed by atoms with E-state index in [1.807, 2.05) is 0 Å². The van der Waals surface area contributed by atoms with Crippen LogP contribution in [0.15, 0.2) is 12.4 Å². The lowest BCUT2D eigenvalue weighted by Gasteiger charge is -1.90. The van der Waals surface area contributed by atoms with Crippen LogP contribution in [-0.2, 0) is 0 Å². The number of aromatic carboxylic acids is 1. The fourth-order valence-corrected chi connectivity index (χ4v) is 0.838. The quantitative estimate of drug-likeness (QED) is 0.621. The van der Waals surface area contributed by atoms with Crippen molar-refractivity contribution in [3.8, 4) is 0 Å². The molecular weight excluding hydrogens is 160 g/mol. The van der Waals surface area contributed by atoms with E-state index in [9.17, 15) is 4.79 Å². The summed E-state index contributed by atoms with van der Waals surface area (Å²) in [5.74, 6) is -1.09. The molecule has 60 valence electrons. The first kappa shape index (κ1) is 6.71. The number of rotatable bonds is 1. The van der Waals surface area contributed by atoms with Gasteiger partial charge in [-0.05, 0) is 0 Å². The molecule has 2 aromatic rings. The fourth-order valence-electron chi connectivity index (χ4n) is 0.838. The molecule has 0 bridgehead atoms. The van der Waals surface area contributed by atoms with Crippen LogP contribution in [0.4, 0.5) is 0 Å². The van der Waals surface area contributed by atoms with Crippen molar-refractivity contribution >= 4 is 17.1 Å². The number of nitrogens with zero attached hydrogens (tertiary/aromatic N) is 3. The monoisotopic (exact) mass is 164 g/mol. The maximum atomic E-state index is 10.4. The molecule has 0 radical (unpaired) electrons. The van der Waals surface area contributed by atoms with Crippen molar-refractivity contribution < 1.29 is 9.90 Å². The molecule has 0 saturated heterocycles. The molecule has 0 spiro atoms. The minimum atomic E-state index is -1.09. The van der Waals surface area contributed by atoms with E-state index in [1.54, 1.807) is 0 Å². The van der Waals surface area contributed by atoms with Gasteiger partial charge in [-0.25, -0.2) is 14.8 Å². The Bertz CT molecular complexity index is 436. The summed E-state index contributed by atoms with van der Waals surface area (Å²) in [7, 11) is 0. The number of aromatic nitrogens is 4. The number of H-pyrrole nitrogens is 1. The van der Waals surface area contributed by atoms with Crippen LogP contribution in [0.2, 0.25) is 0 Å². The van der Waals surface area contributed by atoms with Crippen molar-refractivity contribution in [2.45, 2.75) is 0 Å². The number of carboxylic acid groups (broad SMARTS) is 1. The second kappa shape index (κ2) is 2.26. The molecule has 0 aliphatic heterocycles. The summed E-state index contributed by atoms with van der Waals surface area (Å²) in [5.41, 5.74) is 0.791. The van der Waals surface area contributed by atoms with Gasteiger partial charge in [-0.3, -0.25) is 5.10 Å². The van der Waals surface area contributed by atoms with Crippen LogP contribution in [0.25, 0.3) is 11.2 Å². The van der Waals surface area contributed by atoms with E-state index >= 15 is 0 Å². The van der Waals surface area contributed by atoms with Gasteiger partial charge in [0.2, 0.25) is 0 Å². The van der Waals surface area contributed by atoms with E-state index < -0.39 is 5.97 Å². The van der Waals surface area contributed by atoms with E-state index in [2.05, 4.69) is 20.2 Å². The van der Waals surface area contributed by atoms with Gasteiger partial charge >= 0.3 is 5.97 Å². The molecule has 0 amide bonds. The van der Waals surface area contributed by atoms with Gasteiger partial charge in [0.25, 0.3) is 0 Å². The predicted molar refractivity (Wildman–Crippen MR) is 38.6 cm³/mol. The summed E-state index contributed by atoms with van der Waals surface area (Å²) in [6.07, 6.45) is 2.67. The number of hydrogen-bond donors (Lipinski definition) is 2. The molecule has 6 nitrogen and oxygen atoms in total. The minimum Gasteiger partial charge on any atom is -0.476 e. The Kier molecular flexibility index (Phi) is 1.26. The molecule has 0 aromatic carbocycles. The third kappa shape index (κ3) is 0.895. The zero-order chi connectivity index (χ0) is 8.55. The summed E-state index contributed by atoms with van der Waals surface area (Å²) >= 11 is 0. The van der Waals surface area contributed by atoms with Gasteiger partial charge in [0.1, 0.15) is 5.52 Å². The molecule has 0 atom stereocenters. The highest BCUT2D eigenvalue weighted by atomic mass is 16.4. The van der Waals surface area contributed by atoms with E-state index in [4.69, 9.17) is 5.11 Å². The number of fused-ring (bicyclic) bond motifs is 1. The highest BCUT2D eigenvalue weighted by Gasteiger charge is 2.06. The highest BCUT2D eigenvalue weighted by molar-refractivity contribution is 5.87. The molecule has 0 aliphatic carbocycles. The largest absolute Gasteiger partial charge is 0.476 e. The lowest BCUT2D eigenvalue weighted by atomic mass is 10.4. The first-order valence-electron chi connectivity index (χ1n) is 3.17. The Hall–Kier alpha value is -1.98. The highest BCUT2D eigenvalue weighted by Crippen LogP contribution is 2.03. The number of nitrogens with one attached hydrogen (secondary N) is 1. The SMILES string of the molecule is O=C(O)c1cnc2n[nH]cc2n1. The van der Waals surface area contributed by atoms with E-state index in [-0.39, 0.29) is 5.69 Å². The van der Waals surface area contributed by atoms with Gasteiger partial charge in [-0.15, -0.1) is 0 Å². The fraction of sp³-hybridized carbons (Fsp3) is 0. The Labute approximate surface area is 66.3 Å². The molecular formula is C6H4N4O2. The van der Waals surface area contributed by atoms with Crippen molar-refractivity contribution in [2.24, 2.45) is 0 Å². The van der Waals surface area contributed by atoms with E-state index in [1.165, 1.54) is 12.4 Å². The van der Waals surface area contributed by atoms with Crippen molar-refractivity contribution in [3.05, 3.63) is 18.1 Å². The zero-order valence-electron chi connectivity index (χ0n) is 5.85. The van der Waals surface area contributed by atoms with E-state index in [0.29, 0.717) is 11.2 Å². The van der Waals surface area contributed by atoms with Crippen LogP contribution in [0.5, 0.6) is 0 Å². The van der Waals surface area contributed by atoms with Gasteiger partial charge in [-0.1, -0.05) is 0 Å². The van der Waals surface area contributed by atoms with Crippen molar-refractivity contribution in [1.82, 2.24) is 20.2 Å². The molecule has 6 heteroatoms. The Morgan fingerprint density at radius 1 is 1.58 bits per heavy atom. The Morgan fingerprint density at radius 2 is 2.42 bits per heavy atom. The first-order valence-corrected chi connectivity index (χ1v) is 3.17. The normalized spacial score (nSPS) is 10.3. The van der Waals surface area contributed by atoms with Crippen LogP contribution in [0.3, 0.4) is 0 Å². The maximum Gasteiger partial charge on any atom is 0.356 e. The average Bonchev–Trinajstić information content (AvgIpc) is 2.49. The molecule has 2 N–H and O–H groups in total. The van der Waals surface area contributed by atoms with Crippen molar-refractivity contribution in [1.29, 1.82) is 0 Å². The van der Waals surface area contributed by atoms with Crippen LogP contribution < -0.4 is 0 Å². The maximum absolute atomic E-state index is 10.4.